The summed E-state index contributed by atoms with van der Waals surface area (Å²) in [5.74, 6) is 0.725. The third kappa shape index (κ3) is 6.21. The third-order valence-electron chi connectivity index (χ3n) is 11.1. The van der Waals surface area contributed by atoms with E-state index in [1.54, 1.807) is 0 Å². The molecule has 0 radical (unpaired) electrons. The smallest absolute Gasteiger partial charge is 0.160 e. The first-order valence-corrected chi connectivity index (χ1v) is 19.8. The monoisotopic (exact) mass is 744 g/mol. The number of nitrogens with one attached hydrogen (secondary N) is 1. The molecule has 1 aliphatic carbocycles. The molecule has 0 saturated heterocycles. The van der Waals surface area contributed by atoms with Crippen LogP contribution < -0.4 is 5.32 Å². The molecule has 6 heteroatoms. The molecule has 0 spiro atoms. The van der Waals surface area contributed by atoms with E-state index in [4.69, 9.17) is 24.9 Å². The summed E-state index contributed by atoms with van der Waals surface area (Å²) in [5.41, 5.74) is 16.2. The van der Waals surface area contributed by atoms with Crippen LogP contribution in [0, 0.1) is 0 Å². The van der Waals surface area contributed by atoms with Crippen LogP contribution in [0.5, 0.6) is 0 Å². The Morgan fingerprint density at radius 3 is 1.93 bits per heavy atom. The Labute approximate surface area is 336 Å². The largest absolute Gasteiger partial charge is 0.379 e. The topological polar surface area (TPSA) is 76.5 Å². The molecule has 0 fully saturated rings. The minimum absolute atomic E-state index is 0.725. The average molecular weight is 745 g/mol. The number of hydrogen-bond donors (Lipinski definition) is 1. The fourth-order valence-electron chi connectivity index (χ4n) is 8.12. The van der Waals surface area contributed by atoms with Gasteiger partial charge in [-0.05, 0) is 72.0 Å². The van der Waals surface area contributed by atoms with Crippen molar-refractivity contribution in [3.8, 4) is 56.3 Å². The standard InChI is InChI=1S/C52H36N6/c1-3-9-33(10-4-1)48-32-49(58-52(57-48)38-11-5-2-6-12-38)35-17-15-34(16-18-35)44-25-23-36-19-21-39(30-46(36)55-44)40-22-20-37-24-26-45(56-47(37)31-40)43-29-41-13-7-27-53-50(41)51-42(43)14-8-28-54-51/h2-3,5-26,28-32,53H,1,4,27H2. The number of aromatic nitrogens is 5. The van der Waals surface area contributed by atoms with E-state index in [1.165, 1.54) is 0 Å². The molecule has 0 amide bonds. The summed E-state index contributed by atoms with van der Waals surface area (Å²) >= 11 is 0. The highest BCUT2D eigenvalue weighted by atomic mass is 14.9. The first kappa shape index (κ1) is 33.7. The Morgan fingerprint density at radius 2 is 1.17 bits per heavy atom. The second-order valence-electron chi connectivity index (χ2n) is 14.8. The fourth-order valence-corrected chi connectivity index (χ4v) is 8.12. The molecule has 0 atom stereocenters. The van der Waals surface area contributed by atoms with Crippen LogP contribution in [0.4, 0.5) is 5.69 Å². The highest BCUT2D eigenvalue weighted by Gasteiger charge is 2.17. The van der Waals surface area contributed by atoms with Crippen LogP contribution >= 0.6 is 0 Å². The van der Waals surface area contributed by atoms with Gasteiger partial charge in [-0.3, -0.25) is 4.98 Å². The Balaban J connectivity index is 0.916. The number of hydrogen-bond acceptors (Lipinski definition) is 6. The number of allylic oxidation sites excluding steroid dienone is 4. The molecule has 1 N–H and O–H groups in total. The molecule has 11 rings (SSSR count). The molecule has 0 unspecified atom stereocenters. The zero-order valence-corrected chi connectivity index (χ0v) is 31.6. The Bertz CT molecular complexity index is 3160. The average Bonchev–Trinajstić information content (AvgIpc) is 3.31. The quantitative estimate of drug-likeness (QED) is 0.183. The van der Waals surface area contributed by atoms with Crippen LogP contribution in [0.2, 0.25) is 0 Å². The van der Waals surface area contributed by atoms with Crippen LogP contribution in [0.15, 0.2) is 170 Å². The molecular weight excluding hydrogens is 709 g/mol. The van der Waals surface area contributed by atoms with Crippen molar-refractivity contribution in [2.45, 2.75) is 12.8 Å². The van der Waals surface area contributed by atoms with Crippen LogP contribution in [-0.2, 0) is 0 Å². The summed E-state index contributed by atoms with van der Waals surface area (Å²) in [7, 11) is 0. The Morgan fingerprint density at radius 1 is 0.483 bits per heavy atom. The van der Waals surface area contributed by atoms with E-state index in [0.29, 0.717) is 0 Å². The van der Waals surface area contributed by atoms with E-state index in [-0.39, 0.29) is 0 Å². The van der Waals surface area contributed by atoms with Crippen molar-refractivity contribution in [2.75, 3.05) is 11.9 Å². The van der Waals surface area contributed by atoms with Gasteiger partial charge >= 0.3 is 0 Å². The summed E-state index contributed by atoms with van der Waals surface area (Å²) in [6.45, 7) is 0.799. The number of nitrogens with zero attached hydrogens (tertiary/aromatic N) is 5. The van der Waals surface area contributed by atoms with Gasteiger partial charge in [0.05, 0.1) is 45.0 Å². The van der Waals surface area contributed by atoms with Crippen molar-refractivity contribution < 1.29 is 0 Å². The number of anilines is 1. The van der Waals surface area contributed by atoms with Gasteiger partial charge in [0.1, 0.15) is 0 Å². The summed E-state index contributed by atoms with van der Waals surface area (Å²) in [4.78, 5) is 25.2. The van der Waals surface area contributed by atoms with Crippen molar-refractivity contribution in [1.29, 1.82) is 0 Å². The zero-order valence-electron chi connectivity index (χ0n) is 31.6. The zero-order chi connectivity index (χ0) is 38.4. The van der Waals surface area contributed by atoms with E-state index < -0.39 is 0 Å². The van der Waals surface area contributed by atoms with Crippen LogP contribution in [0.3, 0.4) is 0 Å². The minimum atomic E-state index is 0.725. The SMILES string of the molecule is C1=CC(c2cc(-c3ccc(-c4ccc5ccc(-c6ccc7ccc(-c8cc9c(c%10ncccc8%10)NCC=C9)nc7c6)cc5n4)cc3)nc(-c3ccccc3)n2)=CCC1. The van der Waals surface area contributed by atoms with Crippen LogP contribution in [-0.4, -0.2) is 31.5 Å². The van der Waals surface area contributed by atoms with E-state index in [0.717, 1.165) is 131 Å². The van der Waals surface area contributed by atoms with Crippen LogP contribution in [0.1, 0.15) is 24.1 Å². The van der Waals surface area contributed by atoms with Crippen molar-refractivity contribution in [1.82, 2.24) is 24.9 Å². The lowest BCUT2D eigenvalue weighted by Crippen LogP contribution is -2.06. The Kier molecular flexibility index (Phi) is 8.25. The molecule has 274 valence electrons. The molecule has 2 aliphatic rings. The van der Waals surface area contributed by atoms with Gasteiger partial charge in [-0.1, -0.05) is 127 Å². The van der Waals surface area contributed by atoms with Gasteiger partial charge in [0.15, 0.2) is 5.82 Å². The second-order valence-corrected chi connectivity index (χ2v) is 14.8. The molecule has 6 nitrogen and oxygen atoms in total. The van der Waals surface area contributed by atoms with Crippen molar-refractivity contribution in [3.05, 3.63) is 181 Å². The third-order valence-corrected chi connectivity index (χ3v) is 11.1. The van der Waals surface area contributed by atoms with Gasteiger partial charge in [0, 0.05) is 56.7 Å². The molecule has 4 aromatic heterocycles. The van der Waals surface area contributed by atoms with Gasteiger partial charge in [0.2, 0.25) is 0 Å². The van der Waals surface area contributed by atoms with Gasteiger partial charge in [-0.2, -0.15) is 0 Å². The number of fused-ring (bicyclic) bond motifs is 5. The lowest BCUT2D eigenvalue weighted by molar-refractivity contribution is 1.03. The predicted molar refractivity (Wildman–Crippen MR) is 239 cm³/mol. The molecule has 0 bridgehead atoms. The Hall–Kier alpha value is -7.57. The van der Waals surface area contributed by atoms with Crippen molar-refractivity contribution >= 4 is 50.0 Å². The van der Waals surface area contributed by atoms with Crippen molar-refractivity contribution in [3.63, 3.8) is 0 Å². The lowest BCUT2D eigenvalue weighted by Gasteiger charge is -2.18. The highest BCUT2D eigenvalue weighted by Crippen LogP contribution is 2.38. The van der Waals surface area contributed by atoms with Gasteiger partial charge in [-0.15, -0.1) is 0 Å². The summed E-state index contributed by atoms with van der Waals surface area (Å²) < 4.78 is 0. The van der Waals surface area contributed by atoms with Crippen molar-refractivity contribution in [2.24, 2.45) is 0 Å². The summed E-state index contributed by atoms with van der Waals surface area (Å²) in [5, 5.41) is 6.78. The molecule has 1 aliphatic heterocycles. The van der Waals surface area contributed by atoms with Crippen LogP contribution in [0.25, 0.3) is 101 Å². The maximum Gasteiger partial charge on any atom is 0.160 e. The van der Waals surface area contributed by atoms with E-state index in [1.807, 2.05) is 30.5 Å². The molecule has 5 heterocycles. The number of rotatable bonds is 6. The summed E-state index contributed by atoms with van der Waals surface area (Å²) in [6, 6.07) is 48.7. The highest BCUT2D eigenvalue weighted by molar-refractivity contribution is 6.05. The van der Waals surface area contributed by atoms with Gasteiger partial charge < -0.3 is 5.32 Å². The maximum atomic E-state index is 5.22. The predicted octanol–water partition coefficient (Wildman–Crippen LogP) is 12.6. The second kappa shape index (κ2) is 14.2. The van der Waals surface area contributed by atoms with E-state index in [2.05, 4.69) is 151 Å². The number of pyridine rings is 3. The van der Waals surface area contributed by atoms with Gasteiger partial charge in [-0.25, -0.2) is 19.9 Å². The maximum absolute atomic E-state index is 5.22. The van der Waals surface area contributed by atoms with E-state index >= 15 is 0 Å². The van der Waals surface area contributed by atoms with Gasteiger partial charge in [0.25, 0.3) is 0 Å². The van der Waals surface area contributed by atoms with E-state index in [9.17, 15) is 0 Å². The minimum Gasteiger partial charge on any atom is -0.379 e. The summed E-state index contributed by atoms with van der Waals surface area (Å²) in [6.07, 6.45) is 14.9. The number of benzene rings is 5. The normalized spacial score (nSPS) is 13.4. The molecule has 9 aromatic rings. The lowest BCUT2D eigenvalue weighted by atomic mass is 9.97. The molecule has 0 saturated carbocycles. The molecular formula is C52H36N6. The fraction of sp³-hybridized carbons (Fsp3) is 0.0577. The first-order valence-electron chi connectivity index (χ1n) is 19.8. The first-order chi connectivity index (χ1) is 28.7. The molecule has 58 heavy (non-hydrogen) atoms. The molecule has 5 aromatic carbocycles.